The van der Waals surface area contributed by atoms with Crippen LogP contribution in [0.25, 0.3) is 10.1 Å². The molecule has 0 radical (unpaired) electrons. The summed E-state index contributed by atoms with van der Waals surface area (Å²) in [5.74, 6) is 1.18. The van der Waals surface area contributed by atoms with Gasteiger partial charge in [0.05, 0.1) is 11.8 Å². The van der Waals surface area contributed by atoms with Gasteiger partial charge in [0.15, 0.2) is 11.5 Å². The van der Waals surface area contributed by atoms with Crippen molar-refractivity contribution in [2.24, 2.45) is 5.10 Å². The number of nitrogens with one attached hydrogen (secondary N) is 1. The van der Waals surface area contributed by atoms with Gasteiger partial charge in [-0.3, -0.25) is 4.79 Å². The predicted molar refractivity (Wildman–Crippen MR) is 89.5 cm³/mol. The van der Waals surface area contributed by atoms with E-state index in [1.165, 1.54) is 0 Å². The Bertz CT molecular complexity index is 917. The first-order valence-electron chi connectivity index (χ1n) is 7.00. The van der Waals surface area contributed by atoms with Crippen LogP contribution in [0.4, 0.5) is 0 Å². The molecule has 114 valence electrons. The molecule has 4 rings (SSSR count). The van der Waals surface area contributed by atoms with Crippen LogP contribution in [0.3, 0.4) is 0 Å². The van der Waals surface area contributed by atoms with E-state index in [0.29, 0.717) is 11.3 Å². The van der Waals surface area contributed by atoms with Crippen LogP contribution in [-0.2, 0) is 0 Å². The second-order valence-corrected chi connectivity index (χ2v) is 5.87. The van der Waals surface area contributed by atoms with Gasteiger partial charge in [-0.1, -0.05) is 18.2 Å². The normalized spacial score (nSPS) is 12.9. The number of hydrogen-bond acceptors (Lipinski definition) is 5. The lowest BCUT2D eigenvalue weighted by Gasteiger charge is -1.99. The summed E-state index contributed by atoms with van der Waals surface area (Å²) in [6.07, 6.45) is 1.58. The molecule has 0 unspecified atom stereocenters. The second kappa shape index (κ2) is 5.73. The summed E-state index contributed by atoms with van der Waals surface area (Å²) < 4.78 is 11.6. The number of nitrogens with zero attached hydrogens (tertiary/aromatic N) is 1. The van der Waals surface area contributed by atoms with Gasteiger partial charge >= 0.3 is 0 Å². The van der Waals surface area contributed by atoms with Crippen LogP contribution < -0.4 is 14.9 Å². The highest BCUT2D eigenvalue weighted by atomic mass is 32.1. The Morgan fingerprint density at radius 3 is 3.00 bits per heavy atom. The van der Waals surface area contributed by atoms with Gasteiger partial charge in [0.1, 0.15) is 0 Å². The van der Waals surface area contributed by atoms with Gasteiger partial charge in [-0.25, -0.2) is 5.43 Å². The molecule has 23 heavy (non-hydrogen) atoms. The molecule has 2 heterocycles. The maximum absolute atomic E-state index is 12.2. The van der Waals surface area contributed by atoms with Gasteiger partial charge in [0, 0.05) is 15.5 Å². The highest BCUT2D eigenvalue weighted by molar-refractivity contribution is 7.17. The first kappa shape index (κ1) is 13.8. The molecule has 0 saturated carbocycles. The van der Waals surface area contributed by atoms with Crippen molar-refractivity contribution in [1.82, 2.24) is 5.43 Å². The molecule has 0 bridgehead atoms. The molecule has 2 aromatic carbocycles. The smallest absolute Gasteiger partial charge is 0.272 e. The first-order valence-corrected chi connectivity index (χ1v) is 7.88. The van der Waals surface area contributed by atoms with Crippen molar-refractivity contribution < 1.29 is 14.3 Å². The minimum Gasteiger partial charge on any atom is -0.454 e. The summed E-state index contributed by atoms with van der Waals surface area (Å²) >= 11 is 1.54. The van der Waals surface area contributed by atoms with Crippen molar-refractivity contribution in [3.63, 3.8) is 0 Å². The van der Waals surface area contributed by atoms with Crippen LogP contribution >= 0.6 is 11.3 Å². The summed E-state index contributed by atoms with van der Waals surface area (Å²) in [5.41, 5.74) is 4.02. The van der Waals surface area contributed by atoms with E-state index in [-0.39, 0.29) is 12.7 Å². The largest absolute Gasteiger partial charge is 0.454 e. The SMILES string of the molecule is O=C(N/N=C/c1ccc2c(c1)OCO2)c1csc2ccccc12. The van der Waals surface area contributed by atoms with E-state index in [1.54, 1.807) is 17.6 Å². The zero-order chi connectivity index (χ0) is 15.6. The van der Waals surface area contributed by atoms with Crippen molar-refractivity contribution in [1.29, 1.82) is 0 Å². The van der Waals surface area contributed by atoms with E-state index in [9.17, 15) is 4.79 Å². The molecular weight excluding hydrogens is 312 g/mol. The minimum absolute atomic E-state index is 0.223. The summed E-state index contributed by atoms with van der Waals surface area (Å²) in [5, 5.41) is 6.80. The van der Waals surface area contributed by atoms with Gasteiger partial charge in [0.2, 0.25) is 6.79 Å². The summed E-state index contributed by atoms with van der Waals surface area (Å²) in [4.78, 5) is 12.2. The number of carbonyl (C=O) groups excluding carboxylic acids is 1. The molecule has 1 aliphatic heterocycles. The Kier molecular flexibility index (Phi) is 3.44. The highest BCUT2D eigenvalue weighted by Gasteiger charge is 2.13. The van der Waals surface area contributed by atoms with Crippen LogP contribution in [0.2, 0.25) is 0 Å². The Balaban J connectivity index is 1.49. The van der Waals surface area contributed by atoms with Crippen molar-refractivity contribution in [2.45, 2.75) is 0 Å². The van der Waals surface area contributed by atoms with Crippen molar-refractivity contribution >= 4 is 33.5 Å². The van der Waals surface area contributed by atoms with Crippen LogP contribution in [0.1, 0.15) is 15.9 Å². The number of rotatable bonds is 3. The van der Waals surface area contributed by atoms with E-state index < -0.39 is 0 Å². The third-order valence-corrected chi connectivity index (χ3v) is 4.47. The van der Waals surface area contributed by atoms with Gasteiger partial charge in [-0.15, -0.1) is 11.3 Å². The number of benzene rings is 2. The summed E-state index contributed by atoms with van der Waals surface area (Å²) in [6, 6.07) is 13.3. The van der Waals surface area contributed by atoms with E-state index >= 15 is 0 Å². The zero-order valence-corrected chi connectivity index (χ0v) is 12.8. The monoisotopic (exact) mass is 324 g/mol. The average molecular weight is 324 g/mol. The molecule has 0 spiro atoms. The molecule has 5 nitrogen and oxygen atoms in total. The molecule has 0 atom stereocenters. The Morgan fingerprint density at radius 2 is 2.04 bits per heavy atom. The predicted octanol–water partition coefficient (Wildman–Crippen LogP) is 3.39. The summed E-state index contributed by atoms with van der Waals surface area (Å²) in [6.45, 7) is 0.234. The minimum atomic E-state index is -0.223. The highest BCUT2D eigenvalue weighted by Crippen LogP contribution is 2.32. The van der Waals surface area contributed by atoms with Crippen LogP contribution in [0, 0.1) is 0 Å². The Labute approximate surface area is 136 Å². The maximum Gasteiger partial charge on any atom is 0.272 e. The van der Waals surface area contributed by atoms with Gasteiger partial charge in [-0.05, 0) is 29.8 Å². The topological polar surface area (TPSA) is 59.9 Å². The molecular formula is C17H12N2O3S. The standard InChI is InChI=1S/C17H12N2O3S/c20-17(13-9-23-16-4-2-1-3-12(13)16)19-18-8-11-5-6-14-15(7-11)22-10-21-14/h1-9H,10H2,(H,19,20)/b18-8+. The van der Waals surface area contributed by atoms with Crippen LogP contribution in [-0.4, -0.2) is 18.9 Å². The van der Waals surface area contributed by atoms with Crippen LogP contribution in [0.15, 0.2) is 52.9 Å². The third-order valence-electron chi connectivity index (χ3n) is 3.50. The number of hydrazone groups is 1. The molecule has 0 saturated heterocycles. The zero-order valence-electron chi connectivity index (χ0n) is 12.0. The molecule has 0 aliphatic carbocycles. The Morgan fingerprint density at radius 1 is 1.17 bits per heavy atom. The number of carbonyl (C=O) groups is 1. The second-order valence-electron chi connectivity index (χ2n) is 4.96. The van der Waals surface area contributed by atoms with E-state index in [1.807, 2.05) is 47.8 Å². The van der Waals surface area contributed by atoms with Gasteiger partial charge < -0.3 is 9.47 Å². The molecule has 1 aliphatic rings. The van der Waals surface area contributed by atoms with E-state index in [2.05, 4.69) is 10.5 Å². The van der Waals surface area contributed by atoms with Gasteiger partial charge in [-0.2, -0.15) is 5.10 Å². The fourth-order valence-corrected chi connectivity index (χ4v) is 3.31. The number of amides is 1. The van der Waals surface area contributed by atoms with Gasteiger partial charge in [0.25, 0.3) is 5.91 Å². The Hall–Kier alpha value is -2.86. The number of fused-ring (bicyclic) bond motifs is 2. The number of thiophene rings is 1. The molecule has 1 aromatic heterocycles. The first-order chi connectivity index (χ1) is 11.3. The summed E-state index contributed by atoms with van der Waals surface area (Å²) in [7, 11) is 0. The molecule has 6 heteroatoms. The lowest BCUT2D eigenvalue weighted by molar-refractivity contribution is 0.0957. The maximum atomic E-state index is 12.2. The lowest BCUT2D eigenvalue weighted by atomic mass is 10.2. The number of hydrogen-bond donors (Lipinski definition) is 1. The molecule has 1 amide bonds. The quantitative estimate of drug-likeness (QED) is 0.593. The number of ether oxygens (including phenoxy) is 2. The lowest BCUT2D eigenvalue weighted by Crippen LogP contribution is -2.17. The molecule has 0 fully saturated rings. The average Bonchev–Trinajstić information content (AvgIpc) is 3.21. The van der Waals surface area contributed by atoms with Crippen molar-refractivity contribution in [3.05, 3.63) is 59.0 Å². The van der Waals surface area contributed by atoms with Crippen molar-refractivity contribution in [3.8, 4) is 11.5 Å². The van der Waals surface area contributed by atoms with E-state index in [4.69, 9.17) is 9.47 Å². The molecule has 1 N–H and O–H groups in total. The fourth-order valence-electron chi connectivity index (χ4n) is 2.37. The van der Waals surface area contributed by atoms with Crippen LogP contribution in [0.5, 0.6) is 11.5 Å². The van der Waals surface area contributed by atoms with Crippen molar-refractivity contribution in [2.75, 3.05) is 6.79 Å². The third kappa shape index (κ3) is 2.64. The van der Waals surface area contributed by atoms with E-state index in [0.717, 1.165) is 21.4 Å². The fraction of sp³-hybridized carbons (Fsp3) is 0.0588. The molecule has 3 aromatic rings.